The Morgan fingerprint density at radius 2 is 1.67 bits per heavy atom. The monoisotopic (exact) mass is 315 g/mol. The fourth-order valence-electron chi connectivity index (χ4n) is 1.68. The van der Waals surface area contributed by atoms with Gasteiger partial charge in [0, 0.05) is 31.1 Å². The number of sulfonamides is 1. The standard InChI is InChI=1S/C13H25N5O2S/c1-9-10(14-5)17-12(13(2,3)4)18-11(9)15-7-8-16-21(6,19)20/h16H,7-8H2,1-6H3,(H2,14,15,17,18). The van der Waals surface area contributed by atoms with Gasteiger partial charge in [-0.3, -0.25) is 0 Å². The molecule has 0 fully saturated rings. The van der Waals surface area contributed by atoms with Crippen molar-refractivity contribution in [2.75, 3.05) is 37.0 Å². The van der Waals surface area contributed by atoms with Gasteiger partial charge in [0.25, 0.3) is 0 Å². The first-order valence-electron chi connectivity index (χ1n) is 6.80. The molecule has 8 heteroatoms. The molecular weight excluding hydrogens is 290 g/mol. The first-order chi connectivity index (χ1) is 9.54. The van der Waals surface area contributed by atoms with Gasteiger partial charge in [-0.05, 0) is 6.92 Å². The summed E-state index contributed by atoms with van der Waals surface area (Å²) < 4.78 is 24.5. The van der Waals surface area contributed by atoms with Crippen LogP contribution >= 0.6 is 0 Å². The summed E-state index contributed by atoms with van der Waals surface area (Å²) in [6.07, 6.45) is 1.14. The molecule has 0 amide bonds. The minimum Gasteiger partial charge on any atom is -0.373 e. The maximum absolute atomic E-state index is 11.0. The van der Waals surface area contributed by atoms with Crippen molar-refractivity contribution in [2.45, 2.75) is 33.1 Å². The van der Waals surface area contributed by atoms with Gasteiger partial charge >= 0.3 is 0 Å². The zero-order valence-corrected chi connectivity index (χ0v) is 14.3. The molecule has 0 aliphatic rings. The predicted molar refractivity (Wildman–Crippen MR) is 86.4 cm³/mol. The fraction of sp³-hybridized carbons (Fsp3) is 0.692. The van der Waals surface area contributed by atoms with Gasteiger partial charge in [0.05, 0.1) is 6.26 Å². The summed E-state index contributed by atoms with van der Waals surface area (Å²) in [7, 11) is -1.35. The highest BCUT2D eigenvalue weighted by Crippen LogP contribution is 2.25. The lowest BCUT2D eigenvalue weighted by atomic mass is 9.95. The van der Waals surface area contributed by atoms with Gasteiger partial charge in [-0.25, -0.2) is 23.1 Å². The van der Waals surface area contributed by atoms with E-state index >= 15 is 0 Å². The molecule has 1 heterocycles. The van der Waals surface area contributed by atoms with E-state index in [1.165, 1.54) is 0 Å². The van der Waals surface area contributed by atoms with Crippen molar-refractivity contribution in [2.24, 2.45) is 0 Å². The normalized spacial score (nSPS) is 12.3. The molecule has 0 unspecified atom stereocenters. The molecule has 0 saturated heterocycles. The van der Waals surface area contributed by atoms with Gasteiger partial charge < -0.3 is 10.6 Å². The Bertz CT molecular complexity index is 593. The van der Waals surface area contributed by atoms with E-state index in [4.69, 9.17) is 0 Å². The van der Waals surface area contributed by atoms with Crippen LogP contribution in [-0.4, -0.2) is 44.8 Å². The lowest BCUT2D eigenvalue weighted by Crippen LogP contribution is -2.28. The van der Waals surface area contributed by atoms with Crippen molar-refractivity contribution in [3.8, 4) is 0 Å². The van der Waals surface area contributed by atoms with E-state index in [1.807, 2.05) is 34.7 Å². The minimum atomic E-state index is -3.17. The summed E-state index contributed by atoms with van der Waals surface area (Å²) in [6, 6.07) is 0. The number of hydrogen-bond acceptors (Lipinski definition) is 6. The maximum atomic E-state index is 11.0. The highest BCUT2D eigenvalue weighted by molar-refractivity contribution is 7.88. The van der Waals surface area contributed by atoms with Crippen LogP contribution in [-0.2, 0) is 15.4 Å². The van der Waals surface area contributed by atoms with Crippen molar-refractivity contribution in [3.05, 3.63) is 11.4 Å². The molecule has 3 N–H and O–H groups in total. The summed E-state index contributed by atoms with van der Waals surface area (Å²) in [6.45, 7) is 8.83. The zero-order valence-electron chi connectivity index (χ0n) is 13.5. The van der Waals surface area contributed by atoms with Crippen LogP contribution in [0, 0.1) is 6.92 Å². The van der Waals surface area contributed by atoms with E-state index in [0.717, 1.165) is 29.3 Å². The third kappa shape index (κ3) is 5.47. The van der Waals surface area contributed by atoms with Gasteiger partial charge in [-0.2, -0.15) is 0 Å². The lowest BCUT2D eigenvalue weighted by molar-refractivity contribution is 0.546. The topological polar surface area (TPSA) is 96.0 Å². The lowest BCUT2D eigenvalue weighted by Gasteiger charge is -2.20. The molecule has 1 aromatic rings. The Labute approximate surface area is 127 Å². The number of nitrogens with one attached hydrogen (secondary N) is 3. The van der Waals surface area contributed by atoms with Gasteiger partial charge in [0.1, 0.15) is 17.5 Å². The number of hydrogen-bond donors (Lipinski definition) is 3. The molecule has 0 aromatic carbocycles. The van der Waals surface area contributed by atoms with Crippen LogP contribution in [0.3, 0.4) is 0 Å². The molecule has 0 radical (unpaired) electrons. The molecule has 0 atom stereocenters. The van der Waals surface area contributed by atoms with Crippen molar-refractivity contribution in [1.29, 1.82) is 0 Å². The second-order valence-corrected chi connectivity index (χ2v) is 7.80. The first-order valence-corrected chi connectivity index (χ1v) is 8.69. The van der Waals surface area contributed by atoms with E-state index in [0.29, 0.717) is 13.1 Å². The van der Waals surface area contributed by atoms with Crippen molar-refractivity contribution in [1.82, 2.24) is 14.7 Å². The van der Waals surface area contributed by atoms with Crippen LogP contribution in [0.4, 0.5) is 11.6 Å². The van der Waals surface area contributed by atoms with Gasteiger partial charge in [0.2, 0.25) is 10.0 Å². The van der Waals surface area contributed by atoms with Crippen LogP contribution in [0.5, 0.6) is 0 Å². The second kappa shape index (κ2) is 6.57. The summed E-state index contributed by atoms with van der Waals surface area (Å²) in [4.78, 5) is 9.06. The summed E-state index contributed by atoms with van der Waals surface area (Å²) in [5.41, 5.74) is 0.741. The van der Waals surface area contributed by atoms with Gasteiger partial charge in [0.15, 0.2) is 0 Å². The van der Waals surface area contributed by atoms with Crippen LogP contribution in [0.1, 0.15) is 32.2 Å². The van der Waals surface area contributed by atoms with E-state index in [1.54, 1.807) is 0 Å². The van der Waals surface area contributed by atoms with Crippen LogP contribution < -0.4 is 15.4 Å². The molecule has 21 heavy (non-hydrogen) atoms. The fourth-order valence-corrected chi connectivity index (χ4v) is 2.16. The largest absolute Gasteiger partial charge is 0.373 e. The molecular formula is C13H25N5O2S. The van der Waals surface area contributed by atoms with E-state index < -0.39 is 10.0 Å². The maximum Gasteiger partial charge on any atom is 0.208 e. The quantitative estimate of drug-likeness (QED) is 0.680. The summed E-state index contributed by atoms with van der Waals surface area (Å²) in [5, 5.41) is 6.21. The molecule has 0 spiro atoms. The predicted octanol–water partition coefficient (Wildman–Crippen LogP) is 1.09. The molecule has 0 aliphatic heterocycles. The van der Waals surface area contributed by atoms with Crippen LogP contribution in [0.25, 0.3) is 0 Å². The van der Waals surface area contributed by atoms with Crippen molar-refractivity contribution >= 4 is 21.7 Å². The summed E-state index contributed by atoms with van der Waals surface area (Å²) >= 11 is 0. The molecule has 0 bridgehead atoms. The third-order valence-corrected chi connectivity index (χ3v) is 3.56. The summed E-state index contributed by atoms with van der Waals surface area (Å²) in [5.74, 6) is 2.22. The number of anilines is 2. The molecule has 0 aliphatic carbocycles. The number of aromatic nitrogens is 2. The molecule has 0 saturated carbocycles. The van der Waals surface area contributed by atoms with Crippen molar-refractivity contribution in [3.63, 3.8) is 0 Å². The van der Waals surface area contributed by atoms with Crippen LogP contribution in [0.2, 0.25) is 0 Å². The average Bonchev–Trinajstić information content (AvgIpc) is 2.33. The minimum absolute atomic E-state index is 0.166. The number of rotatable bonds is 6. The smallest absolute Gasteiger partial charge is 0.208 e. The average molecular weight is 315 g/mol. The highest BCUT2D eigenvalue weighted by Gasteiger charge is 2.20. The second-order valence-electron chi connectivity index (χ2n) is 5.96. The molecule has 1 rings (SSSR count). The number of nitrogens with zero attached hydrogens (tertiary/aromatic N) is 2. The zero-order chi connectivity index (χ0) is 16.3. The molecule has 120 valence electrons. The van der Waals surface area contributed by atoms with Crippen molar-refractivity contribution < 1.29 is 8.42 Å². The van der Waals surface area contributed by atoms with E-state index in [-0.39, 0.29) is 5.41 Å². The molecule has 7 nitrogen and oxygen atoms in total. The first kappa shape index (κ1) is 17.6. The Morgan fingerprint density at radius 1 is 1.10 bits per heavy atom. The van der Waals surface area contributed by atoms with E-state index in [2.05, 4.69) is 25.3 Å². The Morgan fingerprint density at radius 3 is 2.14 bits per heavy atom. The highest BCUT2D eigenvalue weighted by atomic mass is 32.2. The van der Waals surface area contributed by atoms with Crippen LogP contribution in [0.15, 0.2) is 0 Å². The van der Waals surface area contributed by atoms with Gasteiger partial charge in [-0.1, -0.05) is 20.8 Å². The Balaban J connectivity index is 2.90. The Kier molecular flexibility index (Phi) is 5.52. The third-order valence-electron chi connectivity index (χ3n) is 2.84. The van der Waals surface area contributed by atoms with E-state index in [9.17, 15) is 8.42 Å². The van der Waals surface area contributed by atoms with Gasteiger partial charge in [-0.15, -0.1) is 0 Å². The molecule has 1 aromatic heterocycles. The SMILES string of the molecule is CNc1nc(C(C)(C)C)nc(NCCNS(C)(=O)=O)c1C. The Hall–Kier alpha value is -1.41.